The lowest BCUT2D eigenvalue weighted by Gasteiger charge is -2.14. The van der Waals surface area contributed by atoms with Crippen LogP contribution in [-0.2, 0) is 11.2 Å². The molecule has 0 bridgehead atoms. The molecular weight excluding hydrogens is 338 g/mol. The highest BCUT2D eigenvalue weighted by molar-refractivity contribution is 7.14. The Labute approximate surface area is 150 Å². The number of carbonyl (C=O) groups is 2. The summed E-state index contributed by atoms with van der Waals surface area (Å²) < 4.78 is 0. The molecule has 2 aromatic rings. The van der Waals surface area contributed by atoms with E-state index in [1.165, 1.54) is 0 Å². The van der Waals surface area contributed by atoms with E-state index < -0.39 is 23.5 Å². The van der Waals surface area contributed by atoms with Crippen LogP contribution in [0.2, 0.25) is 0 Å². The minimum absolute atomic E-state index is 0.207. The quantitative estimate of drug-likeness (QED) is 0.717. The van der Waals surface area contributed by atoms with Gasteiger partial charge in [-0.2, -0.15) is 0 Å². The normalized spacial score (nSPS) is 12.0. The molecule has 6 heteroatoms. The Morgan fingerprint density at radius 2 is 1.88 bits per heavy atom. The predicted molar refractivity (Wildman–Crippen MR) is 96.5 cm³/mol. The van der Waals surface area contributed by atoms with Crippen LogP contribution in [0, 0.1) is 11.8 Å². The van der Waals surface area contributed by atoms with Crippen LogP contribution in [0.4, 0.5) is 0 Å². The van der Waals surface area contributed by atoms with Crippen molar-refractivity contribution in [2.24, 2.45) is 0 Å². The fourth-order valence-electron chi connectivity index (χ4n) is 2.02. The molecule has 1 atom stereocenters. The van der Waals surface area contributed by atoms with Crippen LogP contribution in [-0.4, -0.2) is 33.7 Å². The first kappa shape index (κ1) is 18.7. The fourth-order valence-corrected chi connectivity index (χ4v) is 2.78. The highest BCUT2D eigenvalue weighted by Gasteiger charge is 2.22. The van der Waals surface area contributed by atoms with Gasteiger partial charge in [0.25, 0.3) is 5.91 Å². The van der Waals surface area contributed by atoms with E-state index in [-0.39, 0.29) is 6.42 Å². The van der Waals surface area contributed by atoms with Gasteiger partial charge in [0, 0.05) is 6.42 Å². The van der Waals surface area contributed by atoms with Crippen molar-refractivity contribution in [3.63, 3.8) is 0 Å². The topological polar surface area (TPSA) is 86.6 Å². The van der Waals surface area contributed by atoms with Gasteiger partial charge in [-0.25, -0.2) is 4.79 Å². The summed E-state index contributed by atoms with van der Waals surface area (Å²) in [6.45, 7) is 3.14. The molecule has 0 aliphatic carbocycles. The second-order valence-electron chi connectivity index (χ2n) is 6.03. The molecule has 1 aromatic carbocycles. The molecule has 0 saturated carbocycles. The van der Waals surface area contributed by atoms with Crippen molar-refractivity contribution in [2.75, 3.05) is 0 Å². The van der Waals surface area contributed by atoms with Crippen LogP contribution < -0.4 is 5.32 Å². The molecule has 0 saturated heterocycles. The third-order valence-electron chi connectivity index (χ3n) is 3.21. The van der Waals surface area contributed by atoms with Crippen molar-refractivity contribution < 1.29 is 19.8 Å². The molecule has 0 spiro atoms. The minimum atomic E-state index is -1.11. The number of carbonyl (C=O) groups excluding carboxylic acids is 1. The summed E-state index contributed by atoms with van der Waals surface area (Å²) >= 11 is 1.15. The van der Waals surface area contributed by atoms with Crippen molar-refractivity contribution in [3.8, 4) is 11.8 Å². The molecule has 0 aliphatic rings. The number of amides is 1. The zero-order chi connectivity index (χ0) is 18.4. The summed E-state index contributed by atoms with van der Waals surface area (Å²) in [5.74, 6) is 3.93. The second kappa shape index (κ2) is 7.97. The zero-order valence-corrected chi connectivity index (χ0v) is 14.8. The van der Waals surface area contributed by atoms with Gasteiger partial charge in [0.1, 0.15) is 11.6 Å². The molecule has 130 valence electrons. The third-order valence-corrected chi connectivity index (χ3v) is 4.21. The lowest BCUT2D eigenvalue weighted by Crippen LogP contribution is -2.42. The molecule has 1 unspecified atom stereocenters. The average molecular weight is 357 g/mol. The number of carboxylic acids is 1. The lowest BCUT2D eigenvalue weighted by molar-refractivity contribution is -0.139. The van der Waals surface area contributed by atoms with Crippen LogP contribution >= 0.6 is 11.3 Å². The van der Waals surface area contributed by atoms with Gasteiger partial charge in [-0.15, -0.1) is 11.3 Å². The summed E-state index contributed by atoms with van der Waals surface area (Å²) in [5.41, 5.74) is -0.283. The maximum Gasteiger partial charge on any atom is 0.326 e. The standard InChI is InChI=1S/C19H19NO4S/c1-19(2,24)11-10-14-8-9-16(25-14)17(21)20-15(18(22)23)12-13-6-4-3-5-7-13/h3-9,15,24H,12H2,1-2H3,(H,20,21)(H,22,23). The Morgan fingerprint density at radius 1 is 1.20 bits per heavy atom. The number of aliphatic carboxylic acids is 1. The highest BCUT2D eigenvalue weighted by atomic mass is 32.1. The molecule has 0 fully saturated rings. The monoisotopic (exact) mass is 357 g/mol. The zero-order valence-electron chi connectivity index (χ0n) is 13.9. The number of hydrogen-bond acceptors (Lipinski definition) is 4. The van der Waals surface area contributed by atoms with E-state index in [0.717, 1.165) is 16.9 Å². The van der Waals surface area contributed by atoms with Crippen LogP contribution in [0.1, 0.15) is 34.0 Å². The number of nitrogens with one attached hydrogen (secondary N) is 1. The first-order valence-electron chi connectivity index (χ1n) is 7.67. The molecule has 25 heavy (non-hydrogen) atoms. The average Bonchev–Trinajstić information content (AvgIpc) is 3.01. The van der Waals surface area contributed by atoms with Crippen molar-refractivity contribution >= 4 is 23.2 Å². The van der Waals surface area contributed by atoms with Crippen LogP contribution in [0.15, 0.2) is 42.5 Å². The Balaban J connectivity index is 2.07. The molecular formula is C19H19NO4S. The molecule has 1 aromatic heterocycles. The maximum atomic E-state index is 12.3. The van der Waals surface area contributed by atoms with E-state index in [9.17, 15) is 19.8 Å². The van der Waals surface area contributed by atoms with E-state index in [4.69, 9.17) is 0 Å². The second-order valence-corrected chi connectivity index (χ2v) is 7.11. The van der Waals surface area contributed by atoms with E-state index in [0.29, 0.717) is 9.75 Å². The Morgan fingerprint density at radius 3 is 2.48 bits per heavy atom. The van der Waals surface area contributed by atoms with Gasteiger partial charge in [-0.1, -0.05) is 42.2 Å². The molecule has 1 amide bonds. The van der Waals surface area contributed by atoms with Crippen LogP contribution in [0.25, 0.3) is 0 Å². The van der Waals surface area contributed by atoms with E-state index in [1.54, 1.807) is 26.0 Å². The molecule has 5 nitrogen and oxygen atoms in total. The van der Waals surface area contributed by atoms with Gasteiger partial charge in [-0.05, 0) is 31.5 Å². The fraction of sp³-hybridized carbons (Fsp3) is 0.263. The van der Waals surface area contributed by atoms with Crippen molar-refractivity contribution in [2.45, 2.75) is 31.9 Å². The number of rotatable bonds is 5. The molecule has 1 heterocycles. The minimum Gasteiger partial charge on any atom is -0.480 e. The third kappa shape index (κ3) is 6.07. The molecule has 3 N–H and O–H groups in total. The number of benzene rings is 1. The molecule has 2 rings (SSSR count). The summed E-state index contributed by atoms with van der Waals surface area (Å²) in [4.78, 5) is 24.7. The Kier molecular flexibility index (Phi) is 5.97. The van der Waals surface area contributed by atoms with Crippen LogP contribution in [0.3, 0.4) is 0 Å². The van der Waals surface area contributed by atoms with Gasteiger partial charge in [0.2, 0.25) is 0 Å². The van der Waals surface area contributed by atoms with Crippen LogP contribution in [0.5, 0.6) is 0 Å². The van der Waals surface area contributed by atoms with Gasteiger partial charge < -0.3 is 15.5 Å². The first-order valence-corrected chi connectivity index (χ1v) is 8.49. The van der Waals surface area contributed by atoms with E-state index >= 15 is 0 Å². The van der Waals surface area contributed by atoms with Gasteiger partial charge in [-0.3, -0.25) is 4.79 Å². The predicted octanol–water partition coefficient (Wildman–Crippen LogP) is 2.30. The van der Waals surface area contributed by atoms with Crippen molar-refractivity contribution in [1.29, 1.82) is 0 Å². The summed E-state index contributed by atoms with van der Waals surface area (Å²) in [6.07, 6.45) is 0.207. The highest BCUT2D eigenvalue weighted by Crippen LogP contribution is 2.16. The summed E-state index contributed by atoms with van der Waals surface area (Å²) in [6, 6.07) is 11.4. The number of thiophene rings is 1. The van der Waals surface area contributed by atoms with E-state index in [2.05, 4.69) is 17.2 Å². The van der Waals surface area contributed by atoms with Gasteiger partial charge >= 0.3 is 5.97 Å². The Hall–Kier alpha value is -2.62. The maximum absolute atomic E-state index is 12.3. The van der Waals surface area contributed by atoms with Gasteiger partial charge in [0.15, 0.2) is 0 Å². The lowest BCUT2D eigenvalue weighted by atomic mass is 10.1. The summed E-state index contributed by atoms with van der Waals surface area (Å²) in [5, 5.41) is 21.5. The first-order chi connectivity index (χ1) is 11.7. The number of aliphatic hydroxyl groups is 1. The number of hydrogen-bond donors (Lipinski definition) is 3. The largest absolute Gasteiger partial charge is 0.480 e. The molecule has 0 radical (unpaired) electrons. The van der Waals surface area contributed by atoms with Gasteiger partial charge in [0.05, 0.1) is 9.75 Å². The Bertz CT molecular complexity index is 809. The molecule has 0 aliphatic heterocycles. The van der Waals surface area contributed by atoms with E-state index in [1.807, 2.05) is 30.3 Å². The summed E-state index contributed by atoms with van der Waals surface area (Å²) in [7, 11) is 0. The SMILES string of the molecule is CC(C)(O)C#Cc1ccc(C(=O)NC(Cc2ccccc2)C(=O)O)s1. The number of carboxylic acid groups (broad SMARTS) is 1. The van der Waals surface area contributed by atoms with Crippen molar-refractivity contribution in [1.82, 2.24) is 5.32 Å². The smallest absolute Gasteiger partial charge is 0.326 e. The van der Waals surface area contributed by atoms with Crippen molar-refractivity contribution in [3.05, 3.63) is 57.8 Å².